The van der Waals surface area contributed by atoms with Crippen LogP contribution in [0.3, 0.4) is 0 Å². The van der Waals surface area contributed by atoms with Gasteiger partial charge < -0.3 is 10.2 Å². The number of alkyl halides is 2. The first-order chi connectivity index (χ1) is 12.8. The van der Waals surface area contributed by atoms with E-state index in [-0.39, 0.29) is 24.2 Å². The standard InChI is InChI=1S/C22H28F2O4/c1-11-7-14-15-9-17(23)16-8-13(26)5-6-19(16,3)21(15,24)18(27)10-20(14,4)22(11,28)12(2)25/h5-6,8,11,14-15,17-18,27-28H,7,9-10H2,1-4H3/t11-,14?,15?,17+,18+,19+,20+,21+,22+/m1/s1. The summed E-state index contributed by atoms with van der Waals surface area (Å²) in [5.74, 6) is -2.51. The Kier molecular flexibility index (Phi) is 3.98. The fourth-order valence-electron chi connectivity index (χ4n) is 7.29. The average molecular weight is 394 g/mol. The normalized spacial score (nSPS) is 55.2. The van der Waals surface area contributed by atoms with Crippen LogP contribution in [-0.2, 0) is 9.59 Å². The number of carbonyl (C=O) groups excluding carboxylic acids is 2. The van der Waals surface area contributed by atoms with E-state index in [9.17, 15) is 19.8 Å². The molecule has 3 saturated carbocycles. The summed E-state index contributed by atoms with van der Waals surface area (Å²) >= 11 is 0. The Morgan fingerprint density at radius 3 is 2.50 bits per heavy atom. The number of hydrogen-bond donors (Lipinski definition) is 2. The highest BCUT2D eigenvalue weighted by Gasteiger charge is 2.76. The molecule has 0 aliphatic heterocycles. The van der Waals surface area contributed by atoms with Gasteiger partial charge in [0.2, 0.25) is 0 Å². The molecule has 4 aliphatic rings. The van der Waals surface area contributed by atoms with Crippen molar-refractivity contribution < 1.29 is 28.6 Å². The highest BCUT2D eigenvalue weighted by atomic mass is 19.1. The molecule has 0 radical (unpaired) electrons. The van der Waals surface area contributed by atoms with Gasteiger partial charge in [-0.15, -0.1) is 0 Å². The summed E-state index contributed by atoms with van der Waals surface area (Å²) < 4.78 is 32.0. The maximum atomic E-state index is 16.8. The first kappa shape index (κ1) is 19.9. The number of allylic oxidation sites excluding steroid dienone is 4. The SMILES string of the molecule is CC(=O)[C@@]1(O)[C@H](C)CC2C3C[C@H](F)C4=CC(=O)C=C[C@]4(C)[C@@]3(F)[C@@H](O)C[C@@]21C. The number of aliphatic hydroxyl groups is 2. The van der Waals surface area contributed by atoms with E-state index in [1.54, 1.807) is 20.8 Å². The van der Waals surface area contributed by atoms with E-state index in [0.717, 1.165) is 6.08 Å². The number of halogens is 2. The number of rotatable bonds is 1. The summed E-state index contributed by atoms with van der Waals surface area (Å²) in [5.41, 5.74) is -6.26. The molecule has 0 amide bonds. The molecule has 9 atom stereocenters. The van der Waals surface area contributed by atoms with Crippen LogP contribution >= 0.6 is 0 Å². The molecule has 0 spiro atoms. The first-order valence-corrected chi connectivity index (χ1v) is 10.0. The maximum Gasteiger partial charge on any atom is 0.178 e. The van der Waals surface area contributed by atoms with Gasteiger partial charge in [0.15, 0.2) is 17.2 Å². The topological polar surface area (TPSA) is 74.6 Å². The van der Waals surface area contributed by atoms with E-state index in [1.807, 2.05) is 0 Å². The summed E-state index contributed by atoms with van der Waals surface area (Å²) in [6.45, 7) is 6.36. The van der Waals surface area contributed by atoms with Crippen molar-refractivity contribution >= 4 is 11.6 Å². The molecule has 3 fully saturated rings. The second-order valence-electron chi connectivity index (χ2n) is 9.82. The molecular weight excluding hydrogens is 366 g/mol. The molecule has 2 N–H and O–H groups in total. The lowest BCUT2D eigenvalue weighted by atomic mass is 9.44. The van der Waals surface area contributed by atoms with Gasteiger partial charge in [-0.2, -0.15) is 0 Å². The van der Waals surface area contributed by atoms with Gasteiger partial charge in [0, 0.05) is 16.7 Å². The molecule has 154 valence electrons. The third-order valence-corrected chi connectivity index (χ3v) is 8.75. The summed E-state index contributed by atoms with van der Waals surface area (Å²) in [4.78, 5) is 24.2. The minimum Gasteiger partial charge on any atom is -0.390 e. The van der Waals surface area contributed by atoms with Crippen LogP contribution in [0.5, 0.6) is 0 Å². The number of fused-ring (bicyclic) bond motifs is 5. The fourth-order valence-corrected chi connectivity index (χ4v) is 7.29. The number of Topliss-reactive ketones (excluding diaryl/α,β-unsaturated/α-hetero) is 1. The van der Waals surface area contributed by atoms with Crippen molar-refractivity contribution in [3.63, 3.8) is 0 Å². The monoisotopic (exact) mass is 394 g/mol. The van der Waals surface area contributed by atoms with Crippen LogP contribution in [0.1, 0.15) is 47.0 Å². The lowest BCUT2D eigenvalue weighted by Gasteiger charge is -2.63. The third-order valence-electron chi connectivity index (χ3n) is 8.75. The van der Waals surface area contributed by atoms with Crippen LogP contribution in [0.4, 0.5) is 8.78 Å². The lowest BCUT2D eigenvalue weighted by molar-refractivity contribution is -0.222. The molecule has 0 aromatic heterocycles. The molecule has 2 unspecified atom stereocenters. The fraction of sp³-hybridized carbons (Fsp3) is 0.727. The highest BCUT2D eigenvalue weighted by molar-refractivity contribution is 6.01. The van der Waals surface area contributed by atoms with Gasteiger partial charge >= 0.3 is 0 Å². The Balaban J connectivity index is 1.88. The molecule has 4 rings (SSSR count). The Labute approximate surface area is 163 Å². The predicted molar refractivity (Wildman–Crippen MR) is 98.8 cm³/mol. The Hall–Kier alpha value is -1.40. The van der Waals surface area contributed by atoms with Crippen molar-refractivity contribution in [1.82, 2.24) is 0 Å². The van der Waals surface area contributed by atoms with Crippen molar-refractivity contribution in [2.24, 2.45) is 28.6 Å². The third kappa shape index (κ3) is 1.96. The van der Waals surface area contributed by atoms with E-state index in [4.69, 9.17) is 0 Å². The predicted octanol–water partition coefficient (Wildman–Crippen LogP) is 2.87. The Morgan fingerprint density at radius 1 is 1.25 bits per heavy atom. The molecule has 4 aliphatic carbocycles. The zero-order chi connectivity index (χ0) is 20.9. The van der Waals surface area contributed by atoms with E-state index in [1.165, 1.54) is 19.1 Å². The zero-order valence-corrected chi connectivity index (χ0v) is 16.7. The van der Waals surface area contributed by atoms with Crippen LogP contribution in [0.2, 0.25) is 0 Å². The zero-order valence-electron chi connectivity index (χ0n) is 16.7. The number of carbonyl (C=O) groups is 2. The van der Waals surface area contributed by atoms with Gasteiger partial charge in [0.25, 0.3) is 0 Å². The minimum atomic E-state index is -2.18. The summed E-state index contributed by atoms with van der Waals surface area (Å²) in [7, 11) is 0. The molecule has 0 saturated heterocycles. The Bertz CT molecular complexity index is 821. The van der Waals surface area contributed by atoms with Crippen LogP contribution in [0.25, 0.3) is 0 Å². The molecule has 4 nitrogen and oxygen atoms in total. The van der Waals surface area contributed by atoms with E-state index >= 15 is 8.78 Å². The minimum absolute atomic E-state index is 0.0780. The van der Waals surface area contributed by atoms with Gasteiger partial charge in [0.05, 0.1) is 6.10 Å². The molecule has 6 heteroatoms. The molecule has 0 heterocycles. The van der Waals surface area contributed by atoms with Crippen LogP contribution in [-0.4, -0.2) is 45.3 Å². The molecule has 0 bridgehead atoms. The van der Waals surface area contributed by atoms with Crippen molar-refractivity contribution in [1.29, 1.82) is 0 Å². The summed E-state index contributed by atoms with van der Waals surface area (Å²) in [6.07, 6.45) is 0.918. The quantitative estimate of drug-likeness (QED) is 0.717. The molecule has 28 heavy (non-hydrogen) atoms. The second kappa shape index (κ2) is 5.60. The summed E-state index contributed by atoms with van der Waals surface area (Å²) in [6, 6.07) is 0. The van der Waals surface area contributed by atoms with E-state index in [2.05, 4.69) is 0 Å². The van der Waals surface area contributed by atoms with Gasteiger partial charge in [0.1, 0.15) is 11.8 Å². The van der Waals surface area contributed by atoms with Crippen molar-refractivity contribution in [2.45, 2.75) is 70.5 Å². The number of ketones is 2. The first-order valence-electron chi connectivity index (χ1n) is 10.0. The highest BCUT2D eigenvalue weighted by Crippen LogP contribution is 2.70. The second-order valence-corrected chi connectivity index (χ2v) is 9.82. The summed E-state index contributed by atoms with van der Waals surface area (Å²) in [5, 5.41) is 22.4. The molecule has 0 aromatic carbocycles. The average Bonchev–Trinajstić information content (AvgIpc) is 2.81. The molecular formula is C22H28F2O4. The van der Waals surface area contributed by atoms with Gasteiger partial charge in [-0.05, 0) is 62.7 Å². The largest absolute Gasteiger partial charge is 0.390 e. The van der Waals surface area contributed by atoms with Crippen molar-refractivity contribution in [2.75, 3.05) is 0 Å². The van der Waals surface area contributed by atoms with E-state index < -0.39 is 57.9 Å². The number of aliphatic hydroxyl groups excluding tert-OH is 1. The van der Waals surface area contributed by atoms with Crippen molar-refractivity contribution in [3.05, 3.63) is 23.8 Å². The lowest BCUT2D eigenvalue weighted by Crippen LogP contribution is -2.70. The smallest absolute Gasteiger partial charge is 0.178 e. The van der Waals surface area contributed by atoms with E-state index in [0.29, 0.717) is 6.42 Å². The van der Waals surface area contributed by atoms with Gasteiger partial charge in [-0.3, -0.25) is 9.59 Å². The van der Waals surface area contributed by atoms with Crippen LogP contribution in [0.15, 0.2) is 23.8 Å². The van der Waals surface area contributed by atoms with Gasteiger partial charge in [-0.25, -0.2) is 8.78 Å². The van der Waals surface area contributed by atoms with Crippen molar-refractivity contribution in [3.8, 4) is 0 Å². The maximum absolute atomic E-state index is 16.8. The van der Waals surface area contributed by atoms with Crippen LogP contribution < -0.4 is 0 Å². The molecule has 0 aromatic rings. The Morgan fingerprint density at radius 2 is 1.89 bits per heavy atom. The van der Waals surface area contributed by atoms with Crippen LogP contribution in [0, 0.1) is 28.6 Å². The van der Waals surface area contributed by atoms with Gasteiger partial charge in [-0.1, -0.05) is 19.9 Å². The number of hydrogen-bond acceptors (Lipinski definition) is 4.